The van der Waals surface area contributed by atoms with Crippen molar-refractivity contribution < 1.29 is 0 Å². The predicted molar refractivity (Wildman–Crippen MR) is 48.3 cm³/mol. The van der Waals surface area contributed by atoms with Crippen LogP contribution in [-0.2, 0) is 0 Å². The third kappa shape index (κ3) is 1.94. The summed E-state index contributed by atoms with van der Waals surface area (Å²) in [6.07, 6.45) is 1.01. The molecule has 0 amide bonds. The van der Waals surface area contributed by atoms with Crippen LogP contribution in [0.1, 0.15) is 37.7 Å². The highest BCUT2D eigenvalue weighted by atomic mass is 16.1. The molecule has 0 aliphatic rings. The summed E-state index contributed by atoms with van der Waals surface area (Å²) in [5.74, 6) is 1.06. The molecular weight excluding hydrogens is 152 g/mol. The zero-order valence-corrected chi connectivity index (χ0v) is 7.72. The van der Waals surface area contributed by atoms with Crippen LogP contribution >= 0.6 is 0 Å². The molecule has 0 saturated heterocycles. The Morgan fingerprint density at radius 3 is 2.83 bits per heavy atom. The molecule has 1 aromatic rings. The van der Waals surface area contributed by atoms with Crippen LogP contribution in [0.25, 0.3) is 0 Å². The van der Waals surface area contributed by atoms with Gasteiger partial charge in [-0.1, -0.05) is 13.8 Å². The van der Waals surface area contributed by atoms with Crippen LogP contribution in [0.5, 0.6) is 0 Å². The van der Waals surface area contributed by atoms with Gasteiger partial charge >= 0.3 is 0 Å². The minimum absolute atomic E-state index is 0.0576. The number of nitrogens with zero attached hydrogens (tertiary/aromatic N) is 1. The minimum Gasteiger partial charge on any atom is -0.311 e. The van der Waals surface area contributed by atoms with E-state index in [0.29, 0.717) is 11.7 Å². The maximum Gasteiger partial charge on any atom is 0.251 e. The van der Waals surface area contributed by atoms with Gasteiger partial charge in [-0.15, -0.1) is 0 Å². The Labute approximate surface area is 71.9 Å². The lowest BCUT2D eigenvalue weighted by Crippen LogP contribution is -2.11. The molecule has 0 bridgehead atoms. The minimum atomic E-state index is -0.0576. The number of aromatic amines is 1. The van der Waals surface area contributed by atoms with Crippen LogP contribution in [0.2, 0.25) is 0 Å². The van der Waals surface area contributed by atoms with Gasteiger partial charge in [0.1, 0.15) is 5.82 Å². The summed E-state index contributed by atoms with van der Waals surface area (Å²) in [6.45, 7) is 5.96. The molecule has 1 aromatic heterocycles. The second-order valence-corrected chi connectivity index (χ2v) is 3.06. The van der Waals surface area contributed by atoms with E-state index in [-0.39, 0.29) is 5.56 Å². The average Bonchev–Trinajstić information content (AvgIpc) is 2.01. The molecule has 1 atom stereocenters. The first-order valence-electron chi connectivity index (χ1n) is 4.21. The van der Waals surface area contributed by atoms with Crippen LogP contribution in [0.3, 0.4) is 0 Å². The van der Waals surface area contributed by atoms with E-state index in [0.717, 1.165) is 12.1 Å². The Kier molecular flexibility index (Phi) is 2.63. The first kappa shape index (κ1) is 8.97. The summed E-state index contributed by atoms with van der Waals surface area (Å²) in [7, 11) is 0. The average molecular weight is 166 g/mol. The molecule has 0 aliphatic heterocycles. The Hall–Kier alpha value is -1.12. The van der Waals surface area contributed by atoms with E-state index < -0.39 is 0 Å². The molecule has 0 fully saturated rings. The highest BCUT2D eigenvalue weighted by molar-refractivity contribution is 5.06. The zero-order valence-electron chi connectivity index (χ0n) is 7.72. The van der Waals surface area contributed by atoms with Gasteiger partial charge in [0.05, 0.1) is 5.69 Å². The maximum atomic E-state index is 11.0. The lowest BCUT2D eigenvalue weighted by atomic mass is 10.1. The Bertz CT molecular complexity index is 317. The molecule has 0 radical (unpaired) electrons. The standard InChI is InChI=1S/C9H14N2O/c1-4-6(2)8-5-9(12)11-7(3)10-8/h5-6H,4H2,1-3H3,(H,10,11,12). The van der Waals surface area contributed by atoms with Crippen LogP contribution in [0, 0.1) is 6.92 Å². The third-order valence-corrected chi connectivity index (χ3v) is 2.00. The molecule has 3 heteroatoms. The Balaban J connectivity index is 3.08. The monoisotopic (exact) mass is 166 g/mol. The van der Waals surface area contributed by atoms with Gasteiger partial charge in [-0.3, -0.25) is 4.79 Å². The first-order chi connectivity index (χ1) is 5.63. The number of hydrogen-bond donors (Lipinski definition) is 1. The highest BCUT2D eigenvalue weighted by Gasteiger charge is 2.05. The summed E-state index contributed by atoms with van der Waals surface area (Å²) < 4.78 is 0. The van der Waals surface area contributed by atoms with Gasteiger partial charge in [-0.2, -0.15) is 0 Å². The molecule has 66 valence electrons. The van der Waals surface area contributed by atoms with Crippen LogP contribution in [0.4, 0.5) is 0 Å². The van der Waals surface area contributed by atoms with Crippen molar-refractivity contribution >= 4 is 0 Å². The largest absolute Gasteiger partial charge is 0.311 e. The summed E-state index contributed by atoms with van der Waals surface area (Å²) in [5, 5.41) is 0. The van der Waals surface area contributed by atoms with Crippen molar-refractivity contribution in [2.75, 3.05) is 0 Å². The van der Waals surface area contributed by atoms with E-state index in [1.165, 1.54) is 0 Å². The summed E-state index contributed by atoms with van der Waals surface area (Å²) >= 11 is 0. The van der Waals surface area contributed by atoms with Gasteiger partial charge in [0.25, 0.3) is 5.56 Å². The van der Waals surface area contributed by atoms with Gasteiger partial charge in [-0.05, 0) is 19.3 Å². The smallest absolute Gasteiger partial charge is 0.251 e. The van der Waals surface area contributed by atoms with Gasteiger partial charge in [-0.25, -0.2) is 4.98 Å². The molecule has 0 saturated carbocycles. The third-order valence-electron chi connectivity index (χ3n) is 2.00. The Morgan fingerprint density at radius 1 is 1.67 bits per heavy atom. The number of aryl methyl sites for hydroxylation is 1. The van der Waals surface area contributed by atoms with Crippen molar-refractivity contribution in [3.63, 3.8) is 0 Å². The molecule has 12 heavy (non-hydrogen) atoms. The topological polar surface area (TPSA) is 45.8 Å². The molecule has 1 rings (SSSR count). The second-order valence-electron chi connectivity index (χ2n) is 3.06. The van der Waals surface area contributed by atoms with E-state index in [4.69, 9.17) is 0 Å². The van der Waals surface area contributed by atoms with Crippen LogP contribution < -0.4 is 5.56 Å². The van der Waals surface area contributed by atoms with Gasteiger partial charge < -0.3 is 4.98 Å². The van der Waals surface area contributed by atoms with Gasteiger partial charge in [0.15, 0.2) is 0 Å². The molecule has 0 aliphatic carbocycles. The molecule has 1 N–H and O–H groups in total. The summed E-state index contributed by atoms with van der Waals surface area (Å²) in [4.78, 5) is 17.9. The summed E-state index contributed by atoms with van der Waals surface area (Å²) in [5.41, 5.74) is 0.830. The van der Waals surface area contributed by atoms with Gasteiger partial charge in [0, 0.05) is 6.07 Å². The molecule has 1 unspecified atom stereocenters. The van der Waals surface area contributed by atoms with Crippen molar-refractivity contribution in [1.29, 1.82) is 0 Å². The molecular formula is C9H14N2O. The predicted octanol–water partition coefficient (Wildman–Crippen LogP) is 1.59. The number of H-pyrrole nitrogens is 1. The summed E-state index contributed by atoms with van der Waals surface area (Å²) in [6, 6.07) is 1.57. The fraction of sp³-hybridized carbons (Fsp3) is 0.556. The zero-order chi connectivity index (χ0) is 9.14. The number of hydrogen-bond acceptors (Lipinski definition) is 2. The van der Waals surface area contributed by atoms with Crippen molar-refractivity contribution in [3.05, 3.63) is 27.9 Å². The highest BCUT2D eigenvalue weighted by Crippen LogP contribution is 2.13. The van der Waals surface area contributed by atoms with E-state index in [1.807, 2.05) is 0 Å². The second kappa shape index (κ2) is 3.52. The Morgan fingerprint density at radius 2 is 2.33 bits per heavy atom. The van der Waals surface area contributed by atoms with Gasteiger partial charge in [0.2, 0.25) is 0 Å². The lowest BCUT2D eigenvalue weighted by molar-refractivity contribution is 0.696. The van der Waals surface area contributed by atoms with E-state index in [2.05, 4.69) is 23.8 Å². The number of nitrogens with one attached hydrogen (secondary N) is 1. The quantitative estimate of drug-likeness (QED) is 0.725. The van der Waals surface area contributed by atoms with Crippen LogP contribution in [0.15, 0.2) is 10.9 Å². The van der Waals surface area contributed by atoms with Crippen molar-refractivity contribution in [2.45, 2.75) is 33.1 Å². The number of rotatable bonds is 2. The molecule has 0 aromatic carbocycles. The van der Waals surface area contributed by atoms with Crippen molar-refractivity contribution in [2.24, 2.45) is 0 Å². The SMILES string of the molecule is CCC(C)c1cc(=O)[nH]c(C)n1. The normalized spacial score (nSPS) is 12.9. The van der Waals surface area contributed by atoms with E-state index >= 15 is 0 Å². The fourth-order valence-corrected chi connectivity index (χ4v) is 1.06. The van der Waals surface area contributed by atoms with Crippen molar-refractivity contribution in [1.82, 2.24) is 9.97 Å². The first-order valence-corrected chi connectivity index (χ1v) is 4.21. The maximum absolute atomic E-state index is 11.0. The number of aromatic nitrogens is 2. The van der Waals surface area contributed by atoms with E-state index in [9.17, 15) is 4.79 Å². The van der Waals surface area contributed by atoms with Crippen LogP contribution in [-0.4, -0.2) is 9.97 Å². The van der Waals surface area contributed by atoms with E-state index in [1.54, 1.807) is 13.0 Å². The fourth-order valence-electron chi connectivity index (χ4n) is 1.06. The molecule has 1 heterocycles. The molecule has 3 nitrogen and oxygen atoms in total. The lowest BCUT2D eigenvalue weighted by Gasteiger charge is -2.06. The molecule has 0 spiro atoms. The van der Waals surface area contributed by atoms with Crippen molar-refractivity contribution in [3.8, 4) is 0 Å².